The molecule has 32 heavy (non-hydrogen) atoms. The van der Waals surface area contributed by atoms with Gasteiger partial charge in [0.05, 0.1) is 17.9 Å². The van der Waals surface area contributed by atoms with Crippen LogP contribution >= 0.6 is 0 Å². The molecule has 0 fully saturated rings. The Morgan fingerprint density at radius 1 is 0.875 bits per heavy atom. The monoisotopic (exact) mass is 446 g/mol. The van der Waals surface area contributed by atoms with E-state index in [9.17, 15) is 27.2 Å². The van der Waals surface area contributed by atoms with Crippen LogP contribution in [0.5, 0.6) is 0 Å². The Kier molecular flexibility index (Phi) is 7.21. The van der Waals surface area contributed by atoms with Gasteiger partial charge in [0.1, 0.15) is 12.4 Å². The van der Waals surface area contributed by atoms with Gasteiger partial charge in [0.25, 0.3) is 5.91 Å². The van der Waals surface area contributed by atoms with Crippen molar-refractivity contribution in [2.75, 3.05) is 17.2 Å². The van der Waals surface area contributed by atoms with E-state index < -0.39 is 41.7 Å². The van der Waals surface area contributed by atoms with Gasteiger partial charge in [-0.25, -0.2) is 4.39 Å². The fraction of sp³-hybridized carbons (Fsp3) is 0.130. The van der Waals surface area contributed by atoms with E-state index in [1.807, 2.05) is 6.07 Å². The highest BCUT2D eigenvalue weighted by Crippen LogP contribution is 2.36. The van der Waals surface area contributed by atoms with Gasteiger partial charge in [-0.3, -0.25) is 9.59 Å². The summed E-state index contributed by atoms with van der Waals surface area (Å²) in [5, 5.41) is 4.51. The number of carbonyl (C=O) groups excluding carboxylic acids is 2. The van der Waals surface area contributed by atoms with Crippen molar-refractivity contribution in [2.24, 2.45) is 0 Å². The molecule has 0 unspecified atom stereocenters. The quantitative estimate of drug-likeness (QED) is 0.487. The van der Waals surface area contributed by atoms with Gasteiger partial charge < -0.3 is 15.4 Å². The van der Waals surface area contributed by atoms with Gasteiger partial charge in [0, 0.05) is 11.3 Å². The van der Waals surface area contributed by atoms with Crippen LogP contribution in [-0.4, -0.2) is 18.4 Å². The zero-order chi connectivity index (χ0) is 23.1. The van der Waals surface area contributed by atoms with E-state index in [1.165, 1.54) is 18.2 Å². The van der Waals surface area contributed by atoms with E-state index in [0.29, 0.717) is 6.07 Å². The van der Waals surface area contributed by atoms with E-state index in [1.54, 1.807) is 24.3 Å². The number of amides is 2. The predicted octanol–water partition coefficient (Wildman–Crippen LogP) is 5.25. The molecule has 0 heterocycles. The molecule has 0 atom stereocenters. The maximum absolute atomic E-state index is 13.5. The summed E-state index contributed by atoms with van der Waals surface area (Å²) in [5.41, 5.74) is -0.841. The maximum Gasteiger partial charge on any atom is 0.418 e. The minimum absolute atomic E-state index is 0.0768. The molecule has 0 spiro atoms. The van der Waals surface area contributed by atoms with Crippen LogP contribution in [0.1, 0.15) is 21.5 Å². The van der Waals surface area contributed by atoms with Gasteiger partial charge >= 0.3 is 6.18 Å². The van der Waals surface area contributed by atoms with E-state index in [4.69, 9.17) is 4.74 Å². The third-order valence-electron chi connectivity index (χ3n) is 4.31. The van der Waals surface area contributed by atoms with Crippen molar-refractivity contribution >= 4 is 23.2 Å². The second-order valence-corrected chi connectivity index (χ2v) is 6.75. The zero-order valence-corrected chi connectivity index (χ0v) is 16.6. The largest absolute Gasteiger partial charge is 0.418 e. The summed E-state index contributed by atoms with van der Waals surface area (Å²) in [6, 6.07) is 16.5. The molecule has 2 N–H and O–H groups in total. The van der Waals surface area contributed by atoms with Crippen molar-refractivity contribution in [3.63, 3.8) is 0 Å². The highest BCUT2D eigenvalue weighted by Gasteiger charge is 2.34. The van der Waals surface area contributed by atoms with Crippen molar-refractivity contribution in [3.8, 4) is 0 Å². The fourth-order valence-electron chi connectivity index (χ4n) is 2.79. The number of halogens is 4. The minimum Gasteiger partial charge on any atom is -0.367 e. The Bertz CT molecular complexity index is 1080. The van der Waals surface area contributed by atoms with Gasteiger partial charge in [-0.2, -0.15) is 13.2 Å². The number of rotatable bonds is 7. The molecule has 2 amide bonds. The second kappa shape index (κ2) is 10.1. The molecular formula is C23H18F4N2O3. The van der Waals surface area contributed by atoms with E-state index in [-0.39, 0.29) is 17.9 Å². The first kappa shape index (κ1) is 23.0. The third-order valence-corrected chi connectivity index (χ3v) is 4.31. The number of benzene rings is 3. The first-order chi connectivity index (χ1) is 15.2. The summed E-state index contributed by atoms with van der Waals surface area (Å²) in [6.45, 7) is -0.302. The van der Waals surface area contributed by atoms with Crippen LogP contribution in [0.3, 0.4) is 0 Å². The molecule has 166 valence electrons. The lowest BCUT2D eigenvalue weighted by Crippen LogP contribution is -2.21. The van der Waals surface area contributed by atoms with Crippen LogP contribution in [0.25, 0.3) is 0 Å². The Labute approximate surface area is 181 Å². The van der Waals surface area contributed by atoms with Crippen LogP contribution in [0.15, 0.2) is 72.8 Å². The molecule has 0 aliphatic heterocycles. The summed E-state index contributed by atoms with van der Waals surface area (Å²) in [5.74, 6) is -2.01. The third kappa shape index (κ3) is 6.39. The van der Waals surface area contributed by atoms with Crippen LogP contribution in [0, 0.1) is 5.82 Å². The summed E-state index contributed by atoms with van der Waals surface area (Å²) >= 11 is 0. The SMILES string of the molecule is O=C(COCc1ccccc1)Nc1ccc(NC(=O)c2ccc(F)cc2)cc1C(F)(F)F. The van der Waals surface area contributed by atoms with E-state index in [2.05, 4.69) is 10.6 Å². The highest BCUT2D eigenvalue weighted by molar-refractivity contribution is 6.04. The molecule has 0 aliphatic carbocycles. The Balaban J connectivity index is 1.67. The molecule has 3 rings (SSSR count). The number of ether oxygens (including phenoxy) is 1. The average Bonchev–Trinajstić information content (AvgIpc) is 2.75. The molecule has 3 aromatic carbocycles. The standard InChI is InChI=1S/C23H18F4N2O3/c24-17-8-6-16(7-9-17)22(31)28-18-10-11-20(19(12-18)23(25,26)27)29-21(30)14-32-13-15-4-2-1-3-5-15/h1-12H,13-14H2,(H,28,31)(H,29,30). The summed E-state index contributed by atoms with van der Waals surface area (Å²) in [4.78, 5) is 24.2. The van der Waals surface area contributed by atoms with Crippen molar-refractivity contribution in [2.45, 2.75) is 12.8 Å². The Morgan fingerprint density at radius 2 is 1.56 bits per heavy atom. The lowest BCUT2D eigenvalue weighted by Gasteiger charge is -2.16. The molecule has 0 radical (unpaired) electrons. The number of nitrogens with one attached hydrogen (secondary N) is 2. The topological polar surface area (TPSA) is 67.4 Å². The van der Waals surface area contributed by atoms with Gasteiger partial charge in [-0.1, -0.05) is 30.3 Å². The first-order valence-corrected chi connectivity index (χ1v) is 9.42. The van der Waals surface area contributed by atoms with Crippen molar-refractivity contribution in [3.05, 3.63) is 95.3 Å². The average molecular weight is 446 g/mol. The highest BCUT2D eigenvalue weighted by atomic mass is 19.4. The minimum atomic E-state index is -4.79. The fourth-order valence-corrected chi connectivity index (χ4v) is 2.79. The van der Waals surface area contributed by atoms with Gasteiger partial charge in [-0.15, -0.1) is 0 Å². The number of hydrogen-bond donors (Lipinski definition) is 2. The van der Waals surface area contributed by atoms with Gasteiger partial charge in [0.15, 0.2) is 0 Å². The number of alkyl halides is 3. The maximum atomic E-state index is 13.5. The number of carbonyl (C=O) groups is 2. The van der Waals surface area contributed by atoms with Gasteiger partial charge in [0.2, 0.25) is 5.91 Å². The van der Waals surface area contributed by atoms with Crippen LogP contribution in [0.2, 0.25) is 0 Å². The molecular weight excluding hydrogens is 428 g/mol. The van der Waals surface area contributed by atoms with E-state index in [0.717, 1.165) is 23.8 Å². The zero-order valence-electron chi connectivity index (χ0n) is 16.6. The van der Waals surface area contributed by atoms with Crippen molar-refractivity contribution in [1.29, 1.82) is 0 Å². The lowest BCUT2D eigenvalue weighted by molar-refractivity contribution is -0.137. The smallest absolute Gasteiger partial charge is 0.367 e. The molecule has 3 aromatic rings. The number of anilines is 2. The Hall–Kier alpha value is -3.72. The summed E-state index contributed by atoms with van der Waals surface area (Å²) < 4.78 is 58.8. The normalized spacial score (nSPS) is 11.1. The summed E-state index contributed by atoms with van der Waals surface area (Å²) in [7, 11) is 0. The van der Waals surface area contributed by atoms with E-state index >= 15 is 0 Å². The Morgan fingerprint density at radius 3 is 2.22 bits per heavy atom. The molecule has 5 nitrogen and oxygen atoms in total. The number of hydrogen-bond acceptors (Lipinski definition) is 3. The molecule has 0 saturated heterocycles. The molecule has 0 bridgehead atoms. The van der Waals surface area contributed by atoms with Crippen LogP contribution in [-0.2, 0) is 22.3 Å². The summed E-state index contributed by atoms with van der Waals surface area (Å²) in [6.07, 6.45) is -4.79. The molecule has 0 aromatic heterocycles. The molecule has 9 heteroatoms. The molecule has 0 saturated carbocycles. The van der Waals surface area contributed by atoms with Crippen molar-refractivity contribution in [1.82, 2.24) is 0 Å². The molecule has 0 aliphatic rings. The van der Waals surface area contributed by atoms with Crippen molar-refractivity contribution < 1.29 is 31.9 Å². The predicted molar refractivity (Wildman–Crippen MR) is 111 cm³/mol. The van der Waals surface area contributed by atoms with Crippen LogP contribution < -0.4 is 10.6 Å². The van der Waals surface area contributed by atoms with Crippen LogP contribution in [0.4, 0.5) is 28.9 Å². The van der Waals surface area contributed by atoms with Gasteiger partial charge in [-0.05, 0) is 48.0 Å². The first-order valence-electron chi connectivity index (χ1n) is 9.42. The lowest BCUT2D eigenvalue weighted by atomic mass is 10.1. The second-order valence-electron chi connectivity index (χ2n) is 6.75.